The van der Waals surface area contributed by atoms with Crippen molar-refractivity contribution in [1.82, 2.24) is 10.3 Å². The molecule has 2 aromatic rings. The van der Waals surface area contributed by atoms with Crippen LogP contribution >= 0.6 is 0 Å². The topological polar surface area (TPSA) is 80.3 Å². The first-order valence-corrected chi connectivity index (χ1v) is 7.30. The van der Waals surface area contributed by atoms with Crippen LogP contribution in [0.5, 0.6) is 5.75 Å². The van der Waals surface area contributed by atoms with Crippen LogP contribution in [-0.4, -0.2) is 29.9 Å². The lowest BCUT2D eigenvalue weighted by Gasteiger charge is -2.08. The van der Waals surface area contributed by atoms with Crippen LogP contribution in [0.25, 0.3) is 0 Å². The molecule has 2 N–H and O–H groups in total. The lowest BCUT2D eigenvalue weighted by Crippen LogP contribution is -2.31. The number of carbonyl (C=O) groups excluding carboxylic acids is 2. The third kappa shape index (κ3) is 6.17. The number of hydrogen-bond donors (Lipinski definition) is 2. The summed E-state index contributed by atoms with van der Waals surface area (Å²) in [5.74, 6) is 0.658. The number of anilines is 1. The van der Waals surface area contributed by atoms with Crippen LogP contribution in [0.3, 0.4) is 0 Å². The quantitative estimate of drug-likeness (QED) is 0.818. The Morgan fingerprint density at radius 3 is 2.57 bits per heavy atom. The number of nitrogens with one attached hydrogen (secondary N) is 2. The highest BCUT2D eigenvalue weighted by Gasteiger charge is 2.06. The van der Waals surface area contributed by atoms with Gasteiger partial charge in [0.15, 0.2) is 6.61 Å². The van der Waals surface area contributed by atoms with Crippen molar-refractivity contribution in [3.05, 3.63) is 54.2 Å². The molecule has 6 nitrogen and oxygen atoms in total. The molecule has 0 aliphatic heterocycles. The second kappa shape index (κ2) is 8.53. The monoisotopic (exact) mass is 313 g/mol. The van der Waals surface area contributed by atoms with E-state index in [9.17, 15) is 9.59 Å². The molecule has 0 radical (unpaired) electrons. The Balaban J connectivity index is 1.63. The number of benzene rings is 1. The summed E-state index contributed by atoms with van der Waals surface area (Å²) in [6, 6.07) is 12.7. The van der Waals surface area contributed by atoms with Gasteiger partial charge in [-0.1, -0.05) is 24.3 Å². The Morgan fingerprint density at radius 1 is 1.09 bits per heavy atom. The number of rotatable bonds is 7. The number of carbonyl (C=O) groups is 2. The molecule has 0 bridgehead atoms. The van der Waals surface area contributed by atoms with E-state index in [-0.39, 0.29) is 31.4 Å². The Labute approximate surface area is 134 Å². The molecule has 1 heterocycles. The average Bonchev–Trinajstić information content (AvgIpc) is 2.56. The molecule has 6 heteroatoms. The largest absolute Gasteiger partial charge is 0.484 e. The van der Waals surface area contributed by atoms with E-state index >= 15 is 0 Å². The third-order valence-corrected chi connectivity index (χ3v) is 2.97. The van der Waals surface area contributed by atoms with Crippen molar-refractivity contribution in [3.63, 3.8) is 0 Å². The summed E-state index contributed by atoms with van der Waals surface area (Å²) < 4.78 is 5.31. The molecule has 2 rings (SSSR count). The number of amides is 2. The normalized spacial score (nSPS) is 9.96. The van der Waals surface area contributed by atoms with Gasteiger partial charge in [0.05, 0.1) is 0 Å². The van der Waals surface area contributed by atoms with E-state index in [1.165, 1.54) is 0 Å². The fourth-order valence-electron chi connectivity index (χ4n) is 1.78. The van der Waals surface area contributed by atoms with Crippen molar-refractivity contribution in [1.29, 1.82) is 0 Å². The molecule has 0 unspecified atom stereocenters. The average molecular weight is 313 g/mol. The molecule has 23 heavy (non-hydrogen) atoms. The smallest absolute Gasteiger partial charge is 0.257 e. The van der Waals surface area contributed by atoms with Crippen LogP contribution in [0.15, 0.2) is 48.7 Å². The van der Waals surface area contributed by atoms with Crippen molar-refractivity contribution < 1.29 is 14.3 Å². The summed E-state index contributed by atoms with van der Waals surface area (Å²) >= 11 is 0. The van der Waals surface area contributed by atoms with Gasteiger partial charge >= 0.3 is 0 Å². The molecule has 0 saturated carbocycles. The van der Waals surface area contributed by atoms with Gasteiger partial charge in [0.1, 0.15) is 11.6 Å². The van der Waals surface area contributed by atoms with Crippen LogP contribution in [0.1, 0.15) is 12.0 Å². The summed E-state index contributed by atoms with van der Waals surface area (Å²) in [5, 5.41) is 5.30. The number of nitrogens with zero attached hydrogens (tertiary/aromatic N) is 1. The molecule has 1 aromatic carbocycles. The van der Waals surface area contributed by atoms with Gasteiger partial charge in [-0.25, -0.2) is 4.98 Å². The van der Waals surface area contributed by atoms with Gasteiger partial charge < -0.3 is 15.4 Å². The number of pyridine rings is 1. The molecule has 0 aliphatic carbocycles. The van der Waals surface area contributed by atoms with E-state index in [0.717, 1.165) is 5.56 Å². The highest BCUT2D eigenvalue weighted by molar-refractivity contribution is 5.90. The van der Waals surface area contributed by atoms with Gasteiger partial charge in [0, 0.05) is 19.2 Å². The number of para-hydroxylation sites is 1. The molecule has 2 amide bonds. The van der Waals surface area contributed by atoms with Crippen molar-refractivity contribution >= 4 is 17.6 Å². The molecule has 0 fully saturated rings. The maximum atomic E-state index is 11.7. The first kappa shape index (κ1) is 16.5. The number of ether oxygens (including phenoxy) is 1. The first-order valence-electron chi connectivity index (χ1n) is 7.30. The summed E-state index contributed by atoms with van der Waals surface area (Å²) in [4.78, 5) is 27.4. The second-order valence-corrected chi connectivity index (χ2v) is 4.97. The van der Waals surface area contributed by atoms with Crippen LogP contribution in [0.4, 0.5) is 5.82 Å². The Bertz CT molecular complexity index is 642. The lowest BCUT2D eigenvalue weighted by atomic mass is 10.3. The third-order valence-electron chi connectivity index (χ3n) is 2.97. The molecule has 0 saturated heterocycles. The van der Waals surface area contributed by atoms with E-state index in [0.29, 0.717) is 11.6 Å². The van der Waals surface area contributed by atoms with Gasteiger partial charge in [-0.05, 0) is 30.7 Å². The van der Waals surface area contributed by atoms with Crippen molar-refractivity contribution in [3.8, 4) is 5.75 Å². The summed E-state index contributed by atoms with van der Waals surface area (Å²) in [7, 11) is 0. The van der Waals surface area contributed by atoms with Gasteiger partial charge in [-0.15, -0.1) is 0 Å². The van der Waals surface area contributed by atoms with Crippen molar-refractivity contribution in [2.75, 3.05) is 18.5 Å². The van der Waals surface area contributed by atoms with E-state index in [1.807, 2.05) is 31.2 Å². The van der Waals surface area contributed by atoms with Gasteiger partial charge in [-0.3, -0.25) is 9.59 Å². The minimum atomic E-state index is -0.268. The van der Waals surface area contributed by atoms with E-state index in [1.54, 1.807) is 24.4 Å². The summed E-state index contributed by atoms with van der Waals surface area (Å²) in [6.07, 6.45) is 1.85. The molecule has 120 valence electrons. The Kier molecular flexibility index (Phi) is 6.11. The molecular formula is C17H19N3O3. The minimum Gasteiger partial charge on any atom is -0.484 e. The van der Waals surface area contributed by atoms with E-state index in [4.69, 9.17) is 4.74 Å². The zero-order chi connectivity index (χ0) is 16.5. The van der Waals surface area contributed by atoms with Crippen molar-refractivity contribution in [2.45, 2.75) is 13.3 Å². The molecule has 0 spiro atoms. The van der Waals surface area contributed by atoms with Crippen LogP contribution in [0, 0.1) is 6.92 Å². The summed E-state index contributed by atoms with van der Waals surface area (Å²) in [5.41, 5.74) is 1.02. The fourth-order valence-corrected chi connectivity index (χ4v) is 1.78. The number of aromatic nitrogens is 1. The molecular weight excluding hydrogens is 294 g/mol. The zero-order valence-corrected chi connectivity index (χ0v) is 12.9. The number of hydrogen-bond acceptors (Lipinski definition) is 4. The number of aryl methyl sites for hydroxylation is 1. The maximum absolute atomic E-state index is 11.7. The fraction of sp³-hybridized carbons (Fsp3) is 0.235. The standard InChI is InChI=1S/C17H19N3O3/c1-13-7-8-15(19-11-13)20-16(21)9-10-18-17(22)12-23-14-5-3-2-4-6-14/h2-8,11H,9-10,12H2,1H3,(H,18,22)(H,19,20,21). The first-order chi connectivity index (χ1) is 11.1. The van der Waals surface area contributed by atoms with Crippen LogP contribution in [-0.2, 0) is 9.59 Å². The zero-order valence-electron chi connectivity index (χ0n) is 12.9. The SMILES string of the molecule is Cc1ccc(NC(=O)CCNC(=O)COc2ccccc2)nc1. The highest BCUT2D eigenvalue weighted by Crippen LogP contribution is 2.07. The van der Waals surface area contributed by atoms with Crippen molar-refractivity contribution in [2.24, 2.45) is 0 Å². The van der Waals surface area contributed by atoms with E-state index in [2.05, 4.69) is 15.6 Å². The molecule has 0 aliphatic rings. The second-order valence-electron chi connectivity index (χ2n) is 4.97. The van der Waals surface area contributed by atoms with Crippen LogP contribution < -0.4 is 15.4 Å². The predicted molar refractivity (Wildman–Crippen MR) is 87.2 cm³/mol. The molecule has 1 aromatic heterocycles. The minimum absolute atomic E-state index is 0.0782. The molecule has 0 atom stereocenters. The Hall–Kier alpha value is -2.89. The van der Waals surface area contributed by atoms with Gasteiger partial charge in [0.2, 0.25) is 5.91 Å². The summed E-state index contributed by atoms with van der Waals surface area (Å²) in [6.45, 7) is 2.09. The van der Waals surface area contributed by atoms with Gasteiger partial charge in [0.25, 0.3) is 5.91 Å². The highest BCUT2D eigenvalue weighted by atomic mass is 16.5. The van der Waals surface area contributed by atoms with Gasteiger partial charge in [-0.2, -0.15) is 0 Å². The predicted octanol–water partition coefficient (Wildman–Crippen LogP) is 1.91. The maximum Gasteiger partial charge on any atom is 0.257 e. The lowest BCUT2D eigenvalue weighted by molar-refractivity contribution is -0.123. The van der Waals surface area contributed by atoms with E-state index < -0.39 is 0 Å². The Morgan fingerprint density at radius 2 is 1.87 bits per heavy atom. The van der Waals surface area contributed by atoms with Crippen LogP contribution in [0.2, 0.25) is 0 Å².